The molecule has 1 N–H and O–H groups in total. The van der Waals surface area contributed by atoms with E-state index in [2.05, 4.69) is 11.9 Å². The van der Waals surface area contributed by atoms with Gasteiger partial charge in [-0.05, 0) is 32.4 Å². The van der Waals surface area contributed by atoms with Crippen molar-refractivity contribution in [2.24, 2.45) is 0 Å². The van der Waals surface area contributed by atoms with Gasteiger partial charge in [0.2, 0.25) is 0 Å². The standard InChI is InChI=1S/C13H17NO2/c1-5-10-8-6-7-9-11(10)14-12(15)16-13(2,3)4/h5-9H,1H2,2-4H3,(H,14,15). The SMILES string of the molecule is C=Cc1ccccc1NC(=O)OC(C)(C)C. The zero-order valence-corrected chi connectivity index (χ0v) is 9.91. The summed E-state index contributed by atoms with van der Waals surface area (Å²) in [6.07, 6.45) is 1.23. The molecule has 0 saturated carbocycles. The van der Waals surface area contributed by atoms with Gasteiger partial charge in [-0.1, -0.05) is 30.9 Å². The number of nitrogens with one attached hydrogen (secondary N) is 1. The molecule has 1 aromatic carbocycles. The number of amides is 1. The maximum Gasteiger partial charge on any atom is 0.412 e. The summed E-state index contributed by atoms with van der Waals surface area (Å²) in [5.74, 6) is 0. The average Bonchev–Trinajstić information content (AvgIpc) is 2.15. The van der Waals surface area contributed by atoms with Crippen molar-refractivity contribution in [3.05, 3.63) is 36.4 Å². The van der Waals surface area contributed by atoms with E-state index in [4.69, 9.17) is 4.74 Å². The van der Waals surface area contributed by atoms with E-state index in [1.54, 1.807) is 12.1 Å². The van der Waals surface area contributed by atoms with Crippen LogP contribution in [-0.2, 0) is 4.74 Å². The first-order valence-electron chi connectivity index (χ1n) is 5.14. The van der Waals surface area contributed by atoms with Crippen molar-refractivity contribution in [3.63, 3.8) is 0 Å². The maximum atomic E-state index is 11.5. The van der Waals surface area contributed by atoms with Crippen LogP contribution in [0.3, 0.4) is 0 Å². The summed E-state index contributed by atoms with van der Waals surface area (Å²) < 4.78 is 5.16. The van der Waals surface area contributed by atoms with Crippen LogP contribution in [-0.4, -0.2) is 11.7 Å². The molecule has 1 rings (SSSR count). The van der Waals surface area contributed by atoms with Gasteiger partial charge in [-0.15, -0.1) is 0 Å². The number of hydrogen-bond donors (Lipinski definition) is 1. The third kappa shape index (κ3) is 3.77. The van der Waals surface area contributed by atoms with Crippen LogP contribution in [0.25, 0.3) is 6.08 Å². The number of ether oxygens (including phenoxy) is 1. The third-order valence-electron chi connectivity index (χ3n) is 1.82. The molecule has 0 unspecified atom stereocenters. The fourth-order valence-electron chi connectivity index (χ4n) is 1.20. The molecular formula is C13H17NO2. The average molecular weight is 219 g/mol. The molecule has 86 valence electrons. The van der Waals surface area contributed by atoms with Gasteiger partial charge in [0.25, 0.3) is 0 Å². The number of para-hydroxylation sites is 1. The van der Waals surface area contributed by atoms with E-state index in [1.165, 1.54) is 0 Å². The molecular weight excluding hydrogens is 202 g/mol. The highest BCUT2D eigenvalue weighted by Crippen LogP contribution is 2.17. The lowest BCUT2D eigenvalue weighted by Gasteiger charge is -2.20. The third-order valence-corrected chi connectivity index (χ3v) is 1.82. The first kappa shape index (κ1) is 12.3. The van der Waals surface area contributed by atoms with Gasteiger partial charge in [-0.2, -0.15) is 0 Å². The van der Waals surface area contributed by atoms with Crippen LogP contribution >= 0.6 is 0 Å². The lowest BCUT2D eigenvalue weighted by Crippen LogP contribution is -2.27. The van der Waals surface area contributed by atoms with Crippen LogP contribution in [0.5, 0.6) is 0 Å². The Morgan fingerprint density at radius 3 is 2.56 bits per heavy atom. The minimum absolute atomic E-state index is 0.457. The second-order valence-corrected chi connectivity index (χ2v) is 4.42. The fraction of sp³-hybridized carbons (Fsp3) is 0.308. The lowest BCUT2D eigenvalue weighted by atomic mass is 10.2. The Bertz CT molecular complexity index is 391. The van der Waals surface area contributed by atoms with Crippen molar-refractivity contribution < 1.29 is 9.53 Å². The van der Waals surface area contributed by atoms with Crippen molar-refractivity contribution in [2.75, 3.05) is 5.32 Å². The molecule has 0 aliphatic rings. The number of rotatable bonds is 2. The zero-order valence-electron chi connectivity index (χ0n) is 9.91. The van der Waals surface area contributed by atoms with Gasteiger partial charge in [0, 0.05) is 0 Å². The molecule has 0 atom stereocenters. The molecule has 0 spiro atoms. The number of anilines is 1. The maximum absolute atomic E-state index is 11.5. The summed E-state index contributed by atoms with van der Waals surface area (Å²) in [6, 6.07) is 7.41. The number of carbonyl (C=O) groups is 1. The monoisotopic (exact) mass is 219 g/mol. The van der Waals surface area contributed by atoms with E-state index in [9.17, 15) is 4.79 Å². The van der Waals surface area contributed by atoms with E-state index >= 15 is 0 Å². The zero-order chi connectivity index (χ0) is 12.2. The van der Waals surface area contributed by atoms with Gasteiger partial charge in [0.05, 0.1) is 5.69 Å². The van der Waals surface area contributed by atoms with Gasteiger partial charge in [0.1, 0.15) is 5.60 Å². The normalized spacial score (nSPS) is 10.7. The minimum Gasteiger partial charge on any atom is -0.444 e. The van der Waals surface area contributed by atoms with E-state index in [1.807, 2.05) is 39.0 Å². The molecule has 0 aromatic heterocycles. The summed E-state index contributed by atoms with van der Waals surface area (Å²) in [6.45, 7) is 9.16. The quantitative estimate of drug-likeness (QED) is 0.824. The van der Waals surface area contributed by atoms with Crippen molar-refractivity contribution in [2.45, 2.75) is 26.4 Å². The van der Waals surface area contributed by atoms with Gasteiger partial charge < -0.3 is 4.74 Å². The Balaban J connectivity index is 2.73. The molecule has 0 radical (unpaired) electrons. The predicted octanol–water partition coefficient (Wildman–Crippen LogP) is 3.68. The fourth-order valence-corrected chi connectivity index (χ4v) is 1.20. The van der Waals surface area contributed by atoms with E-state index in [-0.39, 0.29) is 0 Å². The molecule has 3 heteroatoms. The molecule has 3 nitrogen and oxygen atoms in total. The molecule has 0 saturated heterocycles. The van der Waals surface area contributed by atoms with Gasteiger partial charge in [-0.3, -0.25) is 5.32 Å². The number of carbonyl (C=O) groups excluding carboxylic acids is 1. The van der Waals surface area contributed by atoms with E-state index in [0.29, 0.717) is 5.69 Å². The highest BCUT2D eigenvalue weighted by molar-refractivity contribution is 5.87. The van der Waals surface area contributed by atoms with Crippen LogP contribution in [0, 0.1) is 0 Å². The molecule has 1 aromatic rings. The Labute approximate surface area is 96.1 Å². The Morgan fingerprint density at radius 1 is 1.38 bits per heavy atom. The Hall–Kier alpha value is -1.77. The van der Waals surface area contributed by atoms with Gasteiger partial charge in [-0.25, -0.2) is 4.79 Å². The largest absolute Gasteiger partial charge is 0.444 e. The van der Waals surface area contributed by atoms with Gasteiger partial charge in [0.15, 0.2) is 0 Å². The Kier molecular flexibility index (Phi) is 3.72. The molecule has 1 amide bonds. The summed E-state index contributed by atoms with van der Waals surface area (Å²) in [4.78, 5) is 11.5. The lowest BCUT2D eigenvalue weighted by molar-refractivity contribution is 0.0636. The van der Waals surface area contributed by atoms with Crippen molar-refractivity contribution in [1.82, 2.24) is 0 Å². The van der Waals surface area contributed by atoms with Crippen molar-refractivity contribution in [3.8, 4) is 0 Å². The van der Waals surface area contributed by atoms with Crippen molar-refractivity contribution in [1.29, 1.82) is 0 Å². The minimum atomic E-state index is -0.493. The number of hydrogen-bond acceptors (Lipinski definition) is 2. The van der Waals surface area contributed by atoms with E-state index in [0.717, 1.165) is 5.56 Å². The van der Waals surface area contributed by atoms with Crippen LogP contribution in [0.15, 0.2) is 30.8 Å². The van der Waals surface area contributed by atoms with Crippen molar-refractivity contribution >= 4 is 17.9 Å². The highest BCUT2D eigenvalue weighted by Gasteiger charge is 2.16. The predicted molar refractivity (Wildman–Crippen MR) is 66.4 cm³/mol. The summed E-state index contributed by atoms with van der Waals surface area (Å²) in [5, 5.41) is 2.69. The summed E-state index contributed by atoms with van der Waals surface area (Å²) >= 11 is 0. The molecule has 0 bridgehead atoms. The molecule has 16 heavy (non-hydrogen) atoms. The van der Waals surface area contributed by atoms with Crippen LogP contribution in [0.2, 0.25) is 0 Å². The summed E-state index contributed by atoms with van der Waals surface area (Å²) in [5.41, 5.74) is 1.08. The molecule has 0 heterocycles. The molecule has 0 fully saturated rings. The second kappa shape index (κ2) is 4.84. The first-order chi connectivity index (χ1) is 7.42. The second-order valence-electron chi connectivity index (χ2n) is 4.42. The van der Waals surface area contributed by atoms with Gasteiger partial charge >= 0.3 is 6.09 Å². The summed E-state index contributed by atoms with van der Waals surface area (Å²) in [7, 11) is 0. The number of benzene rings is 1. The smallest absolute Gasteiger partial charge is 0.412 e. The van der Waals surface area contributed by atoms with E-state index < -0.39 is 11.7 Å². The molecule has 0 aliphatic heterocycles. The van der Waals surface area contributed by atoms with Crippen LogP contribution in [0.1, 0.15) is 26.3 Å². The first-order valence-corrected chi connectivity index (χ1v) is 5.14. The highest BCUT2D eigenvalue weighted by atomic mass is 16.6. The Morgan fingerprint density at radius 2 is 2.00 bits per heavy atom. The molecule has 0 aliphatic carbocycles. The van der Waals surface area contributed by atoms with Crippen LogP contribution in [0.4, 0.5) is 10.5 Å². The topological polar surface area (TPSA) is 38.3 Å². The van der Waals surface area contributed by atoms with Crippen LogP contribution < -0.4 is 5.32 Å².